The van der Waals surface area contributed by atoms with E-state index in [1.165, 1.54) is 11.8 Å². The van der Waals surface area contributed by atoms with Crippen LogP contribution in [-0.4, -0.2) is 26.4 Å². The largest absolute Gasteiger partial charge is 0.456 e. The van der Waals surface area contributed by atoms with Crippen LogP contribution >= 0.6 is 11.8 Å². The molecule has 7 heteroatoms. The first-order valence-electron chi connectivity index (χ1n) is 7.38. The Morgan fingerprint density at radius 1 is 1.21 bits per heavy atom. The lowest BCUT2D eigenvalue weighted by molar-refractivity contribution is -0.113. The number of aryl methyl sites for hydroxylation is 1. The molecule has 0 spiro atoms. The van der Waals surface area contributed by atoms with E-state index in [0.717, 1.165) is 21.9 Å². The van der Waals surface area contributed by atoms with E-state index in [1.807, 2.05) is 49.5 Å². The summed E-state index contributed by atoms with van der Waals surface area (Å²) in [5, 5.41) is 13.4. The summed E-state index contributed by atoms with van der Waals surface area (Å²) in [6.45, 7) is 0. The van der Waals surface area contributed by atoms with Crippen LogP contribution in [0.4, 0.5) is 5.69 Å². The molecule has 120 valence electrons. The molecule has 24 heavy (non-hydrogen) atoms. The molecule has 2 aromatic carbocycles. The lowest BCUT2D eigenvalue weighted by Crippen LogP contribution is -2.14. The molecule has 1 amide bonds. The number of furan rings is 1. The summed E-state index contributed by atoms with van der Waals surface area (Å²) in [7, 11) is 1.84. The van der Waals surface area contributed by atoms with Gasteiger partial charge in [-0.15, -0.1) is 10.2 Å². The van der Waals surface area contributed by atoms with E-state index < -0.39 is 0 Å². The molecule has 6 nitrogen and oxygen atoms in total. The predicted molar refractivity (Wildman–Crippen MR) is 94.1 cm³/mol. The number of carbonyl (C=O) groups is 1. The number of carbonyl (C=O) groups excluding carboxylic acids is 1. The number of fused-ring (bicyclic) bond motifs is 3. The molecule has 4 aromatic rings. The average molecular weight is 338 g/mol. The van der Waals surface area contributed by atoms with Gasteiger partial charge in [-0.2, -0.15) is 0 Å². The van der Waals surface area contributed by atoms with Gasteiger partial charge in [-0.1, -0.05) is 30.0 Å². The zero-order valence-corrected chi connectivity index (χ0v) is 13.7. The van der Waals surface area contributed by atoms with Gasteiger partial charge in [0.25, 0.3) is 0 Å². The van der Waals surface area contributed by atoms with Gasteiger partial charge >= 0.3 is 0 Å². The number of hydrogen-bond acceptors (Lipinski definition) is 5. The predicted octanol–water partition coefficient (Wildman–Crippen LogP) is 3.45. The van der Waals surface area contributed by atoms with E-state index in [-0.39, 0.29) is 11.7 Å². The van der Waals surface area contributed by atoms with Crippen molar-refractivity contribution in [1.82, 2.24) is 14.8 Å². The number of rotatable bonds is 4. The van der Waals surface area contributed by atoms with Gasteiger partial charge in [-0.05, 0) is 18.2 Å². The minimum Gasteiger partial charge on any atom is -0.456 e. The molecule has 0 aliphatic rings. The average Bonchev–Trinajstić information content (AvgIpc) is 3.15. The lowest BCUT2D eigenvalue weighted by atomic mass is 10.1. The van der Waals surface area contributed by atoms with Gasteiger partial charge in [-0.25, -0.2) is 0 Å². The third kappa shape index (κ3) is 2.74. The molecule has 4 rings (SSSR count). The van der Waals surface area contributed by atoms with Crippen LogP contribution in [0.5, 0.6) is 0 Å². The number of hydrogen-bond donors (Lipinski definition) is 1. The Kier molecular flexibility index (Phi) is 3.70. The van der Waals surface area contributed by atoms with Crippen molar-refractivity contribution in [2.24, 2.45) is 7.05 Å². The van der Waals surface area contributed by atoms with Crippen LogP contribution < -0.4 is 5.32 Å². The summed E-state index contributed by atoms with van der Waals surface area (Å²) >= 11 is 1.34. The second-order valence-corrected chi connectivity index (χ2v) is 6.31. The van der Waals surface area contributed by atoms with Crippen molar-refractivity contribution < 1.29 is 9.21 Å². The smallest absolute Gasteiger partial charge is 0.234 e. The fraction of sp³-hybridized carbons (Fsp3) is 0.118. The Balaban J connectivity index is 1.50. The fourth-order valence-corrected chi connectivity index (χ4v) is 3.22. The molecule has 0 saturated heterocycles. The number of nitrogens with zero attached hydrogens (tertiary/aromatic N) is 3. The van der Waals surface area contributed by atoms with E-state index in [1.54, 1.807) is 10.9 Å². The van der Waals surface area contributed by atoms with Gasteiger partial charge in [0.1, 0.15) is 17.5 Å². The lowest BCUT2D eigenvalue weighted by Gasteiger charge is -2.04. The van der Waals surface area contributed by atoms with Gasteiger partial charge in [-0.3, -0.25) is 4.79 Å². The molecule has 0 aliphatic heterocycles. The number of thioether (sulfide) groups is 1. The van der Waals surface area contributed by atoms with Crippen LogP contribution in [0.1, 0.15) is 0 Å². The molecule has 0 radical (unpaired) electrons. The highest BCUT2D eigenvalue weighted by Crippen LogP contribution is 2.30. The molecule has 0 saturated carbocycles. The van der Waals surface area contributed by atoms with Crippen molar-refractivity contribution in [3.63, 3.8) is 0 Å². The maximum Gasteiger partial charge on any atom is 0.234 e. The summed E-state index contributed by atoms with van der Waals surface area (Å²) < 4.78 is 7.61. The minimum atomic E-state index is -0.0986. The van der Waals surface area contributed by atoms with Crippen LogP contribution in [0.3, 0.4) is 0 Å². The number of anilines is 1. The zero-order chi connectivity index (χ0) is 16.5. The van der Waals surface area contributed by atoms with Crippen molar-refractivity contribution in [3.05, 3.63) is 48.8 Å². The second kappa shape index (κ2) is 6.01. The number of aromatic nitrogens is 3. The van der Waals surface area contributed by atoms with Crippen molar-refractivity contribution in [2.75, 3.05) is 11.1 Å². The van der Waals surface area contributed by atoms with Gasteiger partial charge < -0.3 is 14.3 Å². The molecule has 2 heterocycles. The first-order valence-corrected chi connectivity index (χ1v) is 8.37. The molecule has 1 N–H and O–H groups in total. The Hall–Kier alpha value is -2.80. The maximum atomic E-state index is 12.1. The Morgan fingerprint density at radius 3 is 2.88 bits per heavy atom. The second-order valence-electron chi connectivity index (χ2n) is 5.37. The molecular formula is C17H14N4O2S. The molecule has 0 bridgehead atoms. The summed E-state index contributed by atoms with van der Waals surface area (Å²) in [4.78, 5) is 12.1. The van der Waals surface area contributed by atoms with Crippen LogP contribution in [0, 0.1) is 0 Å². The number of nitrogens with one attached hydrogen (secondary N) is 1. The topological polar surface area (TPSA) is 73.0 Å². The first kappa shape index (κ1) is 14.8. The van der Waals surface area contributed by atoms with Crippen molar-refractivity contribution in [3.8, 4) is 0 Å². The monoisotopic (exact) mass is 338 g/mol. The van der Waals surface area contributed by atoms with E-state index in [4.69, 9.17) is 4.42 Å². The van der Waals surface area contributed by atoms with Crippen LogP contribution in [0.15, 0.2) is 58.4 Å². The van der Waals surface area contributed by atoms with E-state index in [0.29, 0.717) is 10.8 Å². The highest BCUT2D eigenvalue weighted by atomic mass is 32.2. The van der Waals surface area contributed by atoms with E-state index >= 15 is 0 Å². The summed E-state index contributed by atoms with van der Waals surface area (Å²) in [5.41, 5.74) is 2.31. The van der Waals surface area contributed by atoms with Gasteiger partial charge in [0.05, 0.1) is 5.75 Å². The molecule has 2 aromatic heterocycles. The number of para-hydroxylation sites is 1. The zero-order valence-electron chi connectivity index (χ0n) is 12.9. The van der Waals surface area contributed by atoms with Crippen molar-refractivity contribution in [2.45, 2.75) is 5.16 Å². The van der Waals surface area contributed by atoms with Crippen molar-refractivity contribution >= 4 is 45.3 Å². The van der Waals surface area contributed by atoms with Crippen molar-refractivity contribution in [1.29, 1.82) is 0 Å². The molecular weight excluding hydrogens is 324 g/mol. The van der Waals surface area contributed by atoms with Crippen LogP contribution in [0.2, 0.25) is 0 Å². The Morgan fingerprint density at radius 2 is 2.04 bits per heavy atom. The SMILES string of the molecule is Cn1cnnc1SCC(=O)Nc1ccc2c(c1)oc1ccccc12. The van der Waals surface area contributed by atoms with E-state index in [9.17, 15) is 4.79 Å². The maximum absolute atomic E-state index is 12.1. The van der Waals surface area contributed by atoms with Gasteiger partial charge in [0.15, 0.2) is 5.16 Å². The summed E-state index contributed by atoms with van der Waals surface area (Å²) in [6, 6.07) is 13.6. The quantitative estimate of drug-likeness (QED) is 0.577. The number of amides is 1. The highest BCUT2D eigenvalue weighted by Gasteiger charge is 2.10. The standard InChI is InChI=1S/C17H14N4O2S/c1-21-10-18-20-17(21)24-9-16(22)19-11-6-7-13-12-4-2-3-5-14(12)23-15(13)8-11/h2-8,10H,9H2,1H3,(H,19,22). The summed E-state index contributed by atoms with van der Waals surface area (Å²) in [5.74, 6) is 0.170. The third-order valence-electron chi connectivity index (χ3n) is 3.66. The third-order valence-corrected chi connectivity index (χ3v) is 4.70. The van der Waals surface area contributed by atoms with Gasteiger partial charge in [0, 0.05) is 29.6 Å². The Bertz CT molecular complexity index is 1040. The Labute approximate surface area is 141 Å². The highest BCUT2D eigenvalue weighted by molar-refractivity contribution is 7.99. The number of benzene rings is 2. The molecule has 0 unspecified atom stereocenters. The van der Waals surface area contributed by atoms with Gasteiger partial charge in [0.2, 0.25) is 5.91 Å². The normalized spacial score (nSPS) is 11.2. The first-order chi connectivity index (χ1) is 11.7. The molecule has 0 fully saturated rings. The fourth-order valence-electron chi connectivity index (χ4n) is 2.53. The summed E-state index contributed by atoms with van der Waals surface area (Å²) in [6.07, 6.45) is 1.61. The minimum absolute atomic E-state index is 0.0986. The molecule has 0 atom stereocenters. The van der Waals surface area contributed by atoms with Crippen LogP contribution in [0.25, 0.3) is 21.9 Å². The van der Waals surface area contributed by atoms with E-state index in [2.05, 4.69) is 15.5 Å². The molecule has 0 aliphatic carbocycles. The van der Waals surface area contributed by atoms with Crippen LogP contribution in [-0.2, 0) is 11.8 Å².